The number of carbonyl (C=O) groups excluding carboxylic acids is 2. The number of ether oxygens (including phenoxy) is 1. The highest BCUT2D eigenvalue weighted by atomic mass is 16.5. The molecule has 3 nitrogen and oxygen atoms in total. The molecular weight excluding hydrogens is 252 g/mol. The van der Waals surface area contributed by atoms with Gasteiger partial charge in [0.05, 0.1) is 6.61 Å². The van der Waals surface area contributed by atoms with Crippen molar-refractivity contribution in [2.45, 2.75) is 13.3 Å². The van der Waals surface area contributed by atoms with Gasteiger partial charge in [-0.1, -0.05) is 42.5 Å². The number of esters is 1. The summed E-state index contributed by atoms with van der Waals surface area (Å²) in [6.45, 7) is 1.90. The third-order valence-corrected chi connectivity index (χ3v) is 3.56. The van der Waals surface area contributed by atoms with Gasteiger partial charge in [0, 0.05) is 5.56 Å². The van der Waals surface area contributed by atoms with Crippen molar-refractivity contribution >= 4 is 11.8 Å². The minimum Gasteiger partial charge on any atom is -0.460 e. The average Bonchev–Trinajstić information content (AvgIpc) is 2.85. The molecular formula is C17H14O3. The van der Waals surface area contributed by atoms with E-state index in [-0.39, 0.29) is 6.61 Å². The lowest BCUT2D eigenvalue weighted by Gasteiger charge is -2.07. The molecule has 1 aliphatic carbocycles. The van der Waals surface area contributed by atoms with Gasteiger partial charge in [-0.05, 0) is 35.6 Å². The van der Waals surface area contributed by atoms with Crippen molar-refractivity contribution in [2.24, 2.45) is 0 Å². The zero-order valence-electron chi connectivity index (χ0n) is 11.2. The summed E-state index contributed by atoms with van der Waals surface area (Å²) in [6.07, 6.45) is 0.687. The molecule has 20 heavy (non-hydrogen) atoms. The van der Waals surface area contributed by atoms with Crippen LogP contribution in [0.25, 0.3) is 11.1 Å². The summed E-state index contributed by atoms with van der Waals surface area (Å²) in [6, 6.07) is 13.6. The molecule has 2 aromatic carbocycles. The number of Topliss-reactive ketones (excluding diaryl/α,β-unsaturated/α-hetero) is 1. The third kappa shape index (κ3) is 1.92. The molecule has 0 heterocycles. The van der Waals surface area contributed by atoms with Crippen LogP contribution in [-0.2, 0) is 16.0 Å². The Morgan fingerprint density at radius 2 is 1.80 bits per heavy atom. The first-order valence-electron chi connectivity index (χ1n) is 6.64. The van der Waals surface area contributed by atoms with Crippen LogP contribution in [0.1, 0.15) is 28.4 Å². The van der Waals surface area contributed by atoms with Gasteiger partial charge in [-0.25, -0.2) is 4.79 Å². The topological polar surface area (TPSA) is 43.4 Å². The number of benzene rings is 2. The lowest BCUT2D eigenvalue weighted by atomic mass is 9.98. The van der Waals surface area contributed by atoms with E-state index in [0.717, 1.165) is 16.7 Å². The number of fused-ring (bicyclic) bond motifs is 3. The van der Waals surface area contributed by atoms with Crippen LogP contribution in [0.15, 0.2) is 42.5 Å². The Kier molecular flexibility index (Phi) is 3.11. The molecule has 0 amide bonds. The van der Waals surface area contributed by atoms with E-state index in [1.807, 2.05) is 36.4 Å². The van der Waals surface area contributed by atoms with Gasteiger partial charge in [-0.3, -0.25) is 4.79 Å². The molecule has 0 saturated carbocycles. The normalized spacial score (nSPS) is 11.7. The average molecular weight is 266 g/mol. The summed E-state index contributed by atoms with van der Waals surface area (Å²) in [5.74, 6) is -1.34. The van der Waals surface area contributed by atoms with E-state index in [0.29, 0.717) is 12.0 Å². The highest BCUT2D eigenvalue weighted by molar-refractivity contribution is 6.41. The van der Waals surface area contributed by atoms with E-state index in [4.69, 9.17) is 4.74 Å². The Morgan fingerprint density at radius 1 is 1.05 bits per heavy atom. The van der Waals surface area contributed by atoms with Gasteiger partial charge in [0.2, 0.25) is 0 Å². The molecule has 0 N–H and O–H groups in total. The van der Waals surface area contributed by atoms with Crippen LogP contribution in [0, 0.1) is 0 Å². The molecule has 100 valence electrons. The lowest BCUT2D eigenvalue weighted by Crippen LogP contribution is -2.18. The Morgan fingerprint density at radius 3 is 2.60 bits per heavy atom. The minimum absolute atomic E-state index is 0.208. The Hall–Kier alpha value is -2.42. The van der Waals surface area contributed by atoms with Crippen molar-refractivity contribution in [3.63, 3.8) is 0 Å². The summed E-state index contributed by atoms with van der Waals surface area (Å²) in [5.41, 5.74) is 4.74. The number of carbonyl (C=O) groups is 2. The first-order chi connectivity index (χ1) is 9.72. The van der Waals surface area contributed by atoms with Crippen LogP contribution < -0.4 is 0 Å². The van der Waals surface area contributed by atoms with Crippen LogP contribution in [0.3, 0.4) is 0 Å². The summed E-state index contributed by atoms with van der Waals surface area (Å²) < 4.78 is 4.81. The predicted molar refractivity (Wildman–Crippen MR) is 75.6 cm³/mol. The number of hydrogen-bond donors (Lipinski definition) is 0. The fraction of sp³-hybridized carbons (Fsp3) is 0.176. The molecule has 0 radical (unpaired) electrons. The summed E-state index contributed by atoms with van der Waals surface area (Å²) in [5, 5.41) is 0. The first-order valence-corrected chi connectivity index (χ1v) is 6.64. The second-order valence-corrected chi connectivity index (χ2v) is 4.72. The van der Waals surface area contributed by atoms with Crippen LogP contribution in [0.4, 0.5) is 0 Å². The Balaban J connectivity index is 2.05. The van der Waals surface area contributed by atoms with Crippen molar-refractivity contribution < 1.29 is 14.3 Å². The lowest BCUT2D eigenvalue weighted by molar-refractivity contribution is -0.137. The van der Waals surface area contributed by atoms with E-state index in [9.17, 15) is 9.59 Å². The van der Waals surface area contributed by atoms with Gasteiger partial charge >= 0.3 is 5.97 Å². The van der Waals surface area contributed by atoms with Crippen LogP contribution in [-0.4, -0.2) is 18.4 Å². The summed E-state index contributed by atoms with van der Waals surface area (Å²) in [7, 11) is 0. The Bertz CT molecular complexity index is 701. The fourth-order valence-electron chi connectivity index (χ4n) is 2.68. The van der Waals surface area contributed by atoms with Crippen LogP contribution in [0.5, 0.6) is 0 Å². The molecule has 0 fully saturated rings. The van der Waals surface area contributed by atoms with Crippen molar-refractivity contribution in [1.82, 2.24) is 0 Å². The van der Waals surface area contributed by atoms with Crippen molar-refractivity contribution in [3.8, 4) is 11.1 Å². The van der Waals surface area contributed by atoms with E-state index >= 15 is 0 Å². The molecule has 0 bridgehead atoms. The van der Waals surface area contributed by atoms with Crippen molar-refractivity contribution in [1.29, 1.82) is 0 Å². The van der Waals surface area contributed by atoms with E-state index < -0.39 is 11.8 Å². The largest absolute Gasteiger partial charge is 0.460 e. The minimum atomic E-state index is -0.781. The first kappa shape index (κ1) is 12.6. The third-order valence-electron chi connectivity index (χ3n) is 3.56. The molecule has 2 aromatic rings. The zero-order chi connectivity index (χ0) is 14.1. The molecule has 0 saturated heterocycles. The maximum Gasteiger partial charge on any atom is 0.379 e. The van der Waals surface area contributed by atoms with Gasteiger partial charge in [-0.2, -0.15) is 0 Å². The quantitative estimate of drug-likeness (QED) is 0.416. The molecule has 0 aromatic heterocycles. The number of hydrogen-bond acceptors (Lipinski definition) is 3. The molecule has 0 aliphatic heterocycles. The Labute approximate surface area is 117 Å². The SMILES string of the molecule is CCOC(=O)C(=O)c1cccc2c1Cc1ccccc1-2. The second-order valence-electron chi connectivity index (χ2n) is 4.72. The van der Waals surface area contributed by atoms with Gasteiger partial charge in [-0.15, -0.1) is 0 Å². The standard InChI is InChI=1S/C17H14O3/c1-2-20-17(19)16(18)14-9-5-8-13-12-7-4-3-6-11(12)10-15(13)14/h3-9H,2,10H2,1H3. The monoisotopic (exact) mass is 266 g/mol. The van der Waals surface area contributed by atoms with Crippen molar-refractivity contribution in [3.05, 3.63) is 59.2 Å². The van der Waals surface area contributed by atoms with Gasteiger partial charge in [0.15, 0.2) is 0 Å². The van der Waals surface area contributed by atoms with Crippen molar-refractivity contribution in [2.75, 3.05) is 6.61 Å². The molecule has 1 aliphatic rings. The summed E-state index contributed by atoms with van der Waals surface area (Å²) in [4.78, 5) is 23.8. The number of rotatable bonds is 3. The number of ketones is 1. The molecule has 0 atom stereocenters. The van der Waals surface area contributed by atoms with Gasteiger partial charge < -0.3 is 4.74 Å². The predicted octanol–water partition coefficient (Wildman–Crippen LogP) is 3.00. The van der Waals surface area contributed by atoms with E-state index in [1.165, 1.54) is 5.56 Å². The molecule has 3 heteroatoms. The highest BCUT2D eigenvalue weighted by Gasteiger charge is 2.26. The van der Waals surface area contributed by atoms with Crippen LogP contribution >= 0.6 is 0 Å². The molecule has 0 unspecified atom stereocenters. The highest BCUT2D eigenvalue weighted by Crippen LogP contribution is 2.38. The molecule has 3 rings (SSSR count). The van der Waals surface area contributed by atoms with Crippen LogP contribution in [0.2, 0.25) is 0 Å². The molecule has 0 spiro atoms. The fourth-order valence-corrected chi connectivity index (χ4v) is 2.68. The zero-order valence-corrected chi connectivity index (χ0v) is 11.2. The second kappa shape index (κ2) is 4.93. The maximum absolute atomic E-state index is 12.2. The van der Waals surface area contributed by atoms with Gasteiger partial charge in [0.25, 0.3) is 5.78 Å². The summed E-state index contributed by atoms with van der Waals surface area (Å²) >= 11 is 0. The maximum atomic E-state index is 12.2. The van der Waals surface area contributed by atoms with E-state index in [2.05, 4.69) is 0 Å². The van der Waals surface area contributed by atoms with Gasteiger partial charge in [0.1, 0.15) is 0 Å². The smallest absolute Gasteiger partial charge is 0.379 e. The van der Waals surface area contributed by atoms with E-state index in [1.54, 1.807) is 13.0 Å².